The fourth-order valence-corrected chi connectivity index (χ4v) is 2.25. The van der Waals surface area contributed by atoms with Crippen molar-refractivity contribution >= 4 is 5.82 Å². The van der Waals surface area contributed by atoms with Gasteiger partial charge in [-0.15, -0.1) is 0 Å². The summed E-state index contributed by atoms with van der Waals surface area (Å²) in [5.41, 5.74) is 10.8. The second-order valence-electron chi connectivity index (χ2n) is 5.63. The number of rotatable bonds is 3. The minimum Gasteiger partial charge on any atom is -0.384 e. The summed E-state index contributed by atoms with van der Waals surface area (Å²) < 4.78 is 0. The molecule has 100 valence electrons. The third kappa shape index (κ3) is 2.95. The van der Waals surface area contributed by atoms with E-state index in [1.807, 2.05) is 18.3 Å². The van der Waals surface area contributed by atoms with Crippen LogP contribution in [0.5, 0.6) is 0 Å². The minimum absolute atomic E-state index is 0.492. The van der Waals surface area contributed by atoms with E-state index in [2.05, 4.69) is 50.9 Å². The van der Waals surface area contributed by atoms with Crippen molar-refractivity contribution in [3.63, 3.8) is 0 Å². The van der Waals surface area contributed by atoms with E-state index in [1.54, 1.807) is 0 Å². The SMILES string of the molecule is CC(C)c1ccc(-c2ccc(N)nc2)c(C(C)C)c1. The normalized spacial score (nSPS) is 11.3. The molecule has 0 amide bonds. The highest BCUT2D eigenvalue weighted by molar-refractivity contribution is 5.68. The van der Waals surface area contributed by atoms with E-state index >= 15 is 0 Å². The number of pyridine rings is 1. The number of nitrogens with two attached hydrogens (primary N) is 1. The molecule has 0 radical (unpaired) electrons. The van der Waals surface area contributed by atoms with E-state index in [4.69, 9.17) is 5.73 Å². The van der Waals surface area contributed by atoms with Gasteiger partial charge in [0.2, 0.25) is 0 Å². The van der Waals surface area contributed by atoms with Crippen molar-refractivity contribution in [1.29, 1.82) is 0 Å². The summed E-state index contributed by atoms with van der Waals surface area (Å²) in [5, 5.41) is 0. The predicted octanol–water partition coefficient (Wildman–Crippen LogP) is 4.58. The van der Waals surface area contributed by atoms with E-state index in [1.165, 1.54) is 16.7 Å². The van der Waals surface area contributed by atoms with Crippen molar-refractivity contribution in [3.8, 4) is 11.1 Å². The largest absolute Gasteiger partial charge is 0.384 e. The molecular weight excluding hydrogens is 232 g/mol. The molecule has 2 aromatic rings. The molecule has 2 rings (SSSR count). The number of anilines is 1. The van der Waals surface area contributed by atoms with Crippen LogP contribution >= 0.6 is 0 Å². The number of hydrogen-bond donors (Lipinski definition) is 1. The van der Waals surface area contributed by atoms with E-state index < -0.39 is 0 Å². The van der Waals surface area contributed by atoms with E-state index in [-0.39, 0.29) is 0 Å². The van der Waals surface area contributed by atoms with Crippen LogP contribution in [0.25, 0.3) is 11.1 Å². The molecule has 0 spiro atoms. The first kappa shape index (κ1) is 13.6. The highest BCUT2D eigenvalue weighted by atomic mass is 14.8. The maximum atomic E-state index is 5.66. The molecule has 2 heteroatoms. The summed E-state index contributed by atoms with van der Waals surface area (Å²) in [7, 11) is 0. The Morgan fingerprint density at radius 2 is 1.68 bits per heavy atom. The third-order valence-corrected chi connectivity index (χ3v) is 3.46. The molecule has 1 aromatic carbocycles. The first-order valence-electron chi connectivity index (χ1n) is 6.84. The molecule has 0 bridgehead atoms. The lowest BCUT2D eigenvalue weighted by atomic mass is 9.89. The molecule has 0 fully saturated rings. The number of hydrogen-bond acceptors (Lipinski definition) is 2. The fourth-order valence-electron chi connectivity index (χ4n) is 2.25. The van der Waals surface area contributed by atoms with E-state index in [0.29, 0.717) is 17.7 Å². The summed E-state index contributed by atoms with van der Waals surface area (Å²) in [4.78, 5) is 4.19. The molecule has 1 aromatic heterocycles. The van der Waals surface area contributed by atoms with Crippen LogP contribution in [0.15, 0.2) is 36.5 Å². The summed E-state index contributed by atoms with van der Waals surface area (Å²) in [6, 6.07) is 10.6. The van der Waals surface area contributed by atoms with Crippen LogP contribution in [-0.2, 0) is 0 Å². The summed E-state index contributed by atoms with van der Waals surface area (Å²) in [6.07, 6.45) is 1.85. The highest BCUT2D eigenvalue weighted by Crippen LogP contribution is 2.31. The Morgan fingerprint density at radius 1 is 0.947 bits per heavy atom. The lowest BCUT2D eigenvalue weighted by Gasteiger charge is -2.16. The van der Waals surface area contributed by atoms with Crippen molar-refractivity contribution in [2.24, 2.45) is 0 Å². The van der Waals surface area contributed by atoms with Gasteiger partial charge >= 0.3 is 0 Å². The molecular formula is C17H22N2. The minimum atomic E-state index is 0.492. The van der Waals surface area contributed by atoms with Crippen LogP contribution in [-0.4, -0.2) is 4.98 Å². The number of nitrogen functional groups attached to an aromatic ring is 1. The maximum Gasteiger partial charge on any atom is 0.123 e. The van der Waals surface area contributed by atoms with Gasteiger partial charge in [0.15, 0.2) is 0 Å². The van der Waals surface area contributed by atoms with Crippen LogP contribution in [0.1, 0.15) is 50.7 Å². The summed E-state index contributed by atoms with van der Waals surface area (Å²) in [6.45, 7) is 8.91. The molecule has 0 aliphatic rings. The van der Waals surface area contributed by atoms with Gasteiger partial charge in [-0.05, 0) is 40.7 Å². The van der Waals surface area contributed by atoms with Gasteiger partial charge in [-0.2, -0.15) is 0 Å². The monoisotopic (exact) mass is 254 g/mol. The number of aromatic nitrogens is 1. The van der Waals surface area contributed by atoms with Gasteiger partial charge in [-0.25, -0.2) is 4.98 Å². The average molecular weight is 254 g/mol. The molecule has 0 atom stereocenters. The summed E-state index contributed by atoms with van der Waals surface area (Å²) >= 11 is 0. The van der Waals surface area contributed by atoms with Crippen molar-refractivity contribution < 1.29 is 0 Å². The van der Waals surface area contributed by atoms with Crippen LogP contribution in [0.2, 0.25) is 0 Å². The Bertz CT molecular complexity index is 554. The molecule has 0 saturated heterocycles. The standard InChI is InChI=1S/C17H22N2/c1-11(2)13-5-7-15(16(9-13)12(3)4)14-6-8-17(18)19-10-14/h5-12H,1-4H3,(H2,18,19). The van der Waals surface area contributed by atoms with Gasteiger partial charge in [0.25, 0.3) is 0 Å². The van der Waals surface area contributed by atoms with Gasteiger partial charge in [0, 0.05) is 11.8 Å². The highest BCUT2D eigenvalue weighted by Gasteiger charge is 2.11. The zero-order chi connectivity index (χ0) is 14.0. The molecule has 0 aliphatic carbocycles. The summed E-state index contributed by atoms with van der Waals surface area (Å²) in [5.74, 6) is 1.61. The number of nitrogens with zero attached hydrogens (tertiary/aromatic N) is 1. The lowest BCUT2D eigenvalue weighted by Crippen LogP contribution is -1.97. The number of benzene rings is 1. The fraction of sp³-hybridized carbons (Fsp3) is 0.353. The van der Waals surface area contributed by atoms with Crippen LogP contribution in [0.4, 0.5) is 5.82 Å². The molecule has 0 saturated carbocycles. The molecule has 2 N–H and O–H groups in total. The smallest absolute Gasteiger partial charge is 0.123 e. The van der Waals surface area contributed by atoms with Gasteiger partial charge < -0.3 is 5.73 Å². The predicted molar refractivity (Wildman–Crippen MR) is 82.3 cm³/mol. The van der Waals surface area contributed by atoms with Gasteiger partial charge in [-0.3, -0.25) is 0 Å². The Hall–Kier alpha value is -1.83. The third-order valence-electron chi connectivity index (χ3n) is 3.46. The van der Waals surface area contributed by atoms with Gasteiger partial charge in [0.1, 0.15) is 5.82 Å². The average Bonchev–Trinajstić information content (AvgIpc) is 2.38. The second-order valence-corrected chi connectivity index (χ2v) is 5.63. The Labute approximate surface area is 115 Å². The van der Waals surface area contributed by atoms with Crippen molar-refractivity contribution in [2.45, 2.75) is 39.5 Å². The topological polar surface area (TPSA) is 38.9 Å². The Balaban J connectivity index is 2.53. The Kier molecular flexibility index (Phi) is 3.89. The lowest BCUT2D eigenvalue weighted by molar-refractivity contribution is 0.835. The van der Waals surface area contributed by atoms with Crippen molar-refractivity contribution in [3.05, 3.63) is 47.7 Å². The van der Waals surface area contributed by atoms with Crippen LogP contribution < -0.4 is 5.73 Å². The van der Waals surface area contributed by atoms with Crippen LogP contribution in [0, 0.1) is 0 Å². The molecule has 2 nitrogen and oxygen atoms in total. The zero-order valence-electron chi connectivity index (χ0n) is 12.1. The Morgan fingerprint density at radius 3 is 2.21 bits per heavy atom. The van der Waals surface area contributed by atoms with Crippen LogP contribution in [0.3, 0.4) is 0 Å². The molecule has 1 heterocycles. The van der Waals surface area contributed by atoms with E-state index in [9.17, 15) is 0 Å². The zero-order valence-corrected chi connectivity index (χ0v) is 12.1. The first-order valence-corrected chi connectivity index (χ1v) is 6.84. The maximum absolute atomic E-state index is 5.66. The van der Waals surface area contributed by atoms with Crippen molar-refractivity contribution in [1.82, 2.24) is 4.98 Å². The van der Waals surface area contributed by atoms with Gasteiger partial charge in [-0.1, -0.05) is 45.9 Å². The second kappa shape index (κ2) is 5.43. The first-order chi connectivity index (χ1) is 8.99. The quantitative estimate of drug-likeness (QED) is 0.870. The van der Waals surface area contributed by atoms with Gasteiger partial charge in [0.05, 0.1) is 0 Å². The molecule has 0 unspecified atom stereocenters. The van der Waals surface area contributed by atoms with Crippen molar-refractivity contribution in [2.75, 3.05) is 5.73 Å². The molecule has 0 aliphatic heterocycles. The van der Waals surface area contributed by atoms with E-state index in [0.717, 1.165) is 5.56 Å². The molecule has 19 heavy (non-hydrogen) atoms.